The molecule has 0 aliphatic heterocycles. The van der Waals surface area contributed by atoms with Crippen LogP contribution in [0, 0.1) is 11.5 Å². The first kappa shape index (κ1) is 10.2. The maximum atomic E-state index is 11.4. The van der Waals surface area contributed by atoms with Gasteiger partial charge >= 0.3 is 5.97 Å². The minimum atomic E-state index is -0.401. The van der Waals surface area contributed by atoms with Crippen LogP contribution in [0.1, 0.15) is 17.3 Å². The molecule has 5 nitrogen and oxygen atoms in total. The molecule has 2 heterocycles. The highest BCUT2D eigenvalue weighted by molar-refractivity contribution is 5.93. The molecule has 2 aromatic rings. The summed E-state index contributed by atoms with van der Waals surface area (Å²) in [6.07, 6.45) is 4.98. The van der Waals surface area contributed by atoms with E-state index >= 15 is 0 Å². The summed E-state index contributed by atoms with van der Waals surface area (Å²) < 4.78 is 6.20. The van der Waals surface area contributed by atoms with Gasteiger partial charge in [0.2, 0.25) is 0 Å². The third-order valence-corrected chi connectivity index (χ3v) is 2.15. The zero-order valence-corrected chi connectivity index (χ0v) is 8.67. The molecule has 0 unspecified atom stereocenters. The van der Waals surface area contributed by atoms with Gasteiger partial charge in [-0.1, -0.05) is 0 Å². The van der Waals surface area contributed by atoms with Gasteiger partial charge in [-0.05, 0) is 19.1 Å². The monoisotopic (exact) mass is 215 g/mol. The van der Waals surface area contributed by atoms with Crippen molar-refractivity contribution >= 4 is 17.0 Å². The molecule has 2 aromatic heterocycles. The Kier molecular flexibility index (Phi) is 2.56. The summed E-state index contributed by atoms with van der Waals surface area (Å²) in [5, 5.41) is 9.51. The maximum absolute atomic E-state index is 11.4. The number of fused-ring (bicyclic) bond motifs is 1. The second-order valence-electron chi connectivity index (χ2n) is 3.14. The second kappa shape index (κ2) is 4.03. The lowest BCUT2D eigenvalue weighted by atomic mass is 10.2. The molecule has 80 valence electrons. The molecule has 0 spiro atoms. The van der Waals surface area contributed by atoms with Crippen LogP contribution in [0.2, 0.25) is 0 Å². The Morgan fingerprint density at radius 2 is 2.50 bits per heavy atom. The summed E-state index contributed by atoms with van der Waals surface area (Å²) in [7, 11) is 0. The number of hydrogen-bond donors (Lipinski definition) is 0. The maximum Gasteiger partial charge on any atom is 0.339 e. The molecule has 0 N–H and O–H groups in total. The molecule has 0 aliphatic rings. The first-order chi connectivity index (χ1) is 7.76. The number of esters is 1. The van der Waals surface area contributed by atoms with Gasteiger partial charge in [0, 0.05) is 17.8 Å². The van der Waals surface area contributed by atoms with Crippen molar-refractivity contribution in [2.45, 2.75) is 6.92 Å². The first-order valence-corrected chi connectivity index (χ1v) is 4.80. The van der Waals surface area contributed by atoms with Gasteiger partial charge in [-0.15, -0.1) is 0 Å². The average Bonchev–Trinajstić information content (AvgIpc) is 2.71. The van der Waals surface area contributed by atoms with Crippen molar-refractivity contribution in [2.24, 2.45) is 0 Å². The number of pyridine rings is 1. The number of ether oxygens (including phenoxy) is 1. The van der Waals surface area contributed by atoms with Crippen LogP contribution in [0.5, 0.6) is 0 Å². The summed E-state index contributed by atoms with van der Waals surface area (Å²) in [5.41, 5.74) is 0.931. The fourth-order valence-electron chi connectivity index (χ4n) is 1.43. The van der Waals surface area contributed by atoms with E-state index in [2.05, 4.69) is 4.98 Å². The van der Waals surface area contributed by atoms with Crippen molar-refractivity contribution in [1.29, 1.82) is 5.26 Å². The fourth-order valence-corrected chi connectivity index (χ4v) is 1.43. The predicted molar refractivity (Wildman–Crippen MR) is 56.7 cm³/mol. The lowest BCUT2D eigenvalue weighted by Crippen LogP contribution is -2.05. The first-order valence-electron chi connectivity index (χ1n) is 4.80. The number of carbonyl (C=O) groups excluding carboxylic acids is 1. The van der Waals surface area contributed by atoms with E-state index in [4.69, 9.17) is 10.00 Å². The SMILES string of the molecule is CCOC(=O)c1cnc2c(ccn2C#N)c1. The van der Waals surface area contributed by atoms with Crippen molar-refractivity contribution in [1.82, 2.24) is 9.55 Å². The molecule has 0 aliphatic carbocycles. The van der Waals surface area contributed by atoms with Crippen LogP contribution in [0.3, 0.4) is 0 Å². The van der Waals surface area contributed by atoms with E-state index in [9.17, 15) is 4.79 Å². The fraction of sp³-hybridized carbons (Fsp3) is 0.182. The molecule has 0 radical (unpaired) electrons. The average molecular weight is 215 g/mol. The molecule has 0 saturated carbocycles. The van der Waals surface area contributed by atoms with E-state index < -0.39 is 5.97 Å². The normalized spacial score (nSPS) is 10.0. The van der Waals surface area contributed by atoms with Crippen LogP contribution in [-0.4, -0.2) is 22.1 Å². The van der Waals surface area contributed by atoms with Gasteiger partial charge in [-0.3, -0.25) is 0 Å². The van der Waals surface area contributed by atoms with Gasteiger partial charge in [0.15, 0.2) is 11.8 Å². The number of rotatable bonds is 2. The molecule has 0 fully saturated rings. The standard InChI is InChI=1S/C11H9N3O2/c1-2-16-11(15)9-5-8-3-4-14(7-12)10(8)13-6-9/h3-6H,2H2,1H3. The summed E-state index contributed by atoms with van der Waals surface area (Å²) in [5.74, 6) is -0.401. The van der Waals surface area contributed by atoms with Gasteiger partial charge in [0.25, 0.3) is 0 Å². The minimum absolute atomic E-state index is 0.329. The molecule has 5 heteroatoms. The minimum Gasteiger partial charge on any atom is -0.462 e. The summed E-state index contributed by atoms with van der Waals surface area (Å²) in [4.78, 5) is 15.5. The van der Waals surface area contributed by atoms with Crippen molar-refractivity contribution in [3.8, 4) is 6.19 Å². The van der Waals surface area contributed by atoms with E-state index in [0.29, 0.717) is 17.8 Å². The predicted octanol–water partition coefficient (Wildman–Crippen LogP) is 1.54. The van der Waals surface area contributed by atoms with Crippen molar-refractivity contribution in [3.63, 3.8) is 0 Å². The molecular formula is C11H9N3O2. The van der Waals surface area contributed by atoms with Gasteiger partial charge in [0.1, 0.15) is 0 Å². The largest absolute Gasteiger partial charge is 0.462 e. The van der Waals surface area contributed by atoms with Crippen molar-refractivity contribution in [2.75, 3.05) is 6.61 Å². The van der Waals surface area contributed by atoms with E-state index in [1.807, 2.05) is 6.19 Å². The summed E-state index contributed by atoms with van der Waals surface area (Å²) in [6.45, 7) is 2.08. The molecular weight excluding hydrogens is 206 g/mol. The third kappa shape index (κ3) is 1.61. The van der Waals surface area contributed by atoms with E-state index in [-0.39, 0.29) is 0 Å². The van der Waals surface area contributed by atoms with Crippen molar-refractivity contribution < 1.29 is 9.53 Å². The van der Waals surface area contributed by atoms with E-state index in [1.165, 1.54) is 10.8 Å². The Balaban J connectivity index is 2.46. The smallest absolute Gasteiger partial charge is 0.339 e. The van der Waals surface area contributed by atoms with Crippen LogP contribution in [0.4, 0.5) is 0 Å². The molecule has 0 saturated heterocycles. The Hall–Kier alpha value is -2.35. The lowest BCUT2D eigenvalue weighted by Gasteiger charge is -2.01. The Bertz CT molecular complexity index is 580. The number of nitriles is 1. The molecule has 0 amide bonds. The summed E-state index contributed by atoms with van der Waals surface area (Å²) in [6, 6.07) is 3.39. The topological polar surface area (TPSA) is 67.9 Å². The van der Waals surface area contributed by atoms with E-state index in [0.717, 1.165) is 5.39 Å². The van der Waals surface area contributed by atoms with Crippen LogP contribution in [0.25, 0.3) is 11.0 Å². The van der Waals surface area contributed by atoms with Crippen LogP contribution in [0.15, 0.2) is 24.5 Å². The number of nitrogens with zero attached hydrogens (tertiary/aromatic N) is 3. The van der Waals surface area contributed by atoms with Crippen molar-refractivity contribution in [3.05, 3.63) is 30.1 Å². The highest BCUT2D eigenvalue weighted by atomic mass is 16.5. The van der Waals surface area contributed by atoms with Crippen LogP contribution >= 0.6 is 0 Å². The zero-order valence-electron chi connectivity index (χ0n) is 8.67. The highest BCUT2D eigenvalue weighted by Crippen LogP contribution is 2.14. The van der Waals surface area contributed by atoms with Gasteiger partial charge in [-0.2, -0.15) is 5.26 Å². The molecule has 16 heavy (non-hydrogen) atoms. The lowest BCUT2D eigenvalue weighted by molar-refractivity contribution is 0.0526. The Morgan fingerprint density at radius 1 is 1.69 bits per heavy atom. The molecule has 2 rings (SSSR count). The Labute approximate surface area is 91.9 Å². The highest BCUT2D eigenvalue weighted by Gasteiger charge is 2.09. The van der Waals surface area contributed by atoms with Gasteiger partial charge < -0.3 is 4.74 Å². The summed E-state index contributed by atoms with van der Waals surface area (Å²) >= 11 is 0. The molecule has 0 atom stereocenters. The van der Waals surface area contributed by atoms with Crippen LogP contribution in [-0.2, 0) is 4.74 Å². The van der Waals surface area contributed by atoms with Crippen LogP contribution < -0.4 is 0 Å². The molecule has 0 bridgehead atoms. The second-order valence-corrected chi connectivity index (χ2v) is 3.14. The van der Waals surface area contributed by atoms with E-state index in [1.54, 1.807) is 25.3 Å². The zero-order chi connectivity index (χ0) is 11.5. The number of hydrogen-bond acceptors (Lipinski definition) is 4. The van der Waals surface area contributed by atoms with Gasteiger partial charge in [-0.25, -0.2) is 14.3 Å². The number of carbonyl (C=O) groups is 1. The Morgan fingerprint density at radius 3 is 3.19 bits per heavy atom. The quantitative estimate of drug-likeness (QED) is 0.712. The molecule has 0 aromatic carbocycles. The van der Waals surface area contributed by atoms with Gasteiger partial charge in [0.05, 0.1) is 12.2 Å². The number of aromatic nitrogens is 2. The third-order valence-electron chi connectivity index (χ3n) is 2.15.